The monoisotopic (exact) mass is 351 g/mol. The molecule has 7 nitrogen and oxygen atoms in total. The number of rotatable bonds is 4. The zero-order valence-corrected chi connectivity index (χ0v) is 14.7. The van der Waals surface area contributed by atoms with Crippen molar-refractivity contribution in [2.45, 2.75) is 13.8 Å². The van der Waals surface area contributed by atoms with Crippen LogP contribution in [0.4, 0.5) is 5.69 Å². The number of hydrogen-bond donors (Lipinski definition) is 2. The van der Waals surface area contributed by atoms with Gasteiger partial charge in [0, 0.05) is 5.69 Å². The number of hydrogen-bond acceptors (Lipinski definition) is 5. The summed E-state index contributed by atoms with van der Waals surface area (Å²) < 4.78 is 1.59. The Labute approximate surface area is 150 Å². The highest BCUT2D eigenvalue weighted by atomic mass is 32.1. The summed E-state index contributed by atoms with van der Waals surface area (Å²) in [6, 6.07) is 15.7. The molecular formula is C17H17N7S. The van der Waals surface area contributed by atoms with Gasteiger partial charge in [0.15, 0.2) is 5.11 Å². The molecule has 2 aromatic carbocycles. The first-order chi connectivity index (χ1) is 12.1. The van der Waals surface area contributed by atoms with E-state index in [4.69, 9.17) is 12.2 Å². The van der Waals surface area contributed by atoms with Gasteiger partial charge in [-0.2, -0.15) is 5.10 Å². The van der Waals surface area contributed by atoms with Crippen LogP contribution < -0.4 is 10.7 Å². The molecule has 0 saturated heterocycles. The zero-order chi connectivity index (χ0) is 17.6. The quantitative estimate of drug-likeness (QED) is 0.427. The molecule has 3 rings (SSSR count). The maximum atomic E-state index is 5.27. The van der Waals surface area contributed by atoms with Gasteiger partial charge in [-0.15, -0.1) is 5.10 Å². The minimum absolute atomic E-state index is 0.430. The highest BCUT2D eigenvalue weighted by molar-refractivity contribution is 7.80. The molecule has 1 aromatic heterocycles. The number of benzene rings is 2. The predicted octanol–water partition coefficient (Wildman–Crippen LogP) is 2.68. The second kappa shape index (κ2) is 7.63. The number of tetrazole rings is 1. The number of anilines is 1. The molecule has 0 aliphatic heterocycles. The van der Waals surface area contributed by atoms with Crippen molar-refractivity contribution in [3.63, 3.8) is 0 Å². The van der Waals surface area contributed by atoms with E-state index in [2.05, 4.69) is 31.4 Å². The molecule has 0 radical (unpaired) electrons. The fraction of sp³-hybridized carbons (Fsp3) is 0.118. The molecule has 3 aromatic rings. The van der Waals surface area contributed by atoms with Crippen LogP contribution in [0, 0.1) is 6.92 Å². The van der Waals surface area contributed by atoms with Crippen LogP contribution in [-0.4, -0.2) is 31.0 Å². The molecule has 2 N–H and O–H groups in total. The van der Waals surface area contributed by atoms with Gasteiger partial charge in [-0.25, -0.2) is 4.68 Å². The minimum atomic E-state index is 0.430. The summed E-state index contributed by atoms with van der Waals surface area (Å²) in [5, 5.41) is 19.0. The normalized spacial score (nSPS) is 11.2. The molecule has 0 amide bonds. The van der Waals surface area contributed by atoms with E-state index in [0.717, 1.165) is 22.6 Å². The van der Waals surface area contributed by atoms with Crippen LogP contribution in [0.15, 0.2) is 60.0 Å². The Morgan fingerprint density at radius 1 is 1.16 bits per heavy atom. The molecular weight excluding hydrogens is 334 g/mol. The SMILES string of the molecule is C/C(=N/NC(=S)Nc1ccc(C)cc1)c1cccc(-n2cnnn2)c1. The molecule has 0 atom stereocenters. The number of nitrogens with zero attached hydrogens (tertiary/aromatic N) is 5. The molecule has 0 bridgehead atoms. The molecule has 1 heterocycles. The standard InChI is InChI=1S/C17H17N7S/c1-12-6-8-15(9-7-12)19-17(25)21-20-13(2)14-4-3-5-16(10-14)24-11-18-22-23-24/h3-11H,1-2H3,(H2,19,21,25)/b20-13-. The summed E-state index contributed by atoms with van der Waals surface area (Å²) in [4.78, 5) is 0. The van der Waals surface area contributed by atoms with E-state index in [9.17, 15) is 0 Å². The van der Waals surface area contributed by atoms with Crippen LogP contribution in [0.1, 0.15) is 18.1 Å². The number of thiocarbonyl (C=S) groups is 1. The van der Waals surface area contributed by atoms with E-state index in [0.29, 0.717) is 5.11 Å². The highest BCUT2D eigenvalue weighted by Gasteiger charge is 2.03. The average molecular weight is 351 g/mol. The van der Waals surface area contributed by atoms with E-state index in [-0.39, 0.29) is 0 Å². The Morgan fingerprint density at radius 3 is 2.68 bits per heavy atom. The van der Waals surface area contributed by atoms with Crippen LogP contribution in [0.3, 0.4) is 0 Å². The Hall–Kier alpha value is -3.13. The fourth-order valence-corrected chi connectivity index (χ4v) is 2.31. The maximum Gasteiger partial charge on any atom is 0.191 e. The van der Waals surface area contributed by atoms with Gasteiger partial charge in [0.1, 0.15) is 6.33 Å². The Balaban J connectivity index is 1.66. The van der Waals surface area contributed by atoms with Gasteiger partial charge in [-0.1, -0.05) is 29.8 Å². The van der Waals surface area contributed by atoms with Crippen LogP contribution >= 0.6 is 12.2 Å². The summed E-state index contributed by atoms with van der Waals surface area (Å²) in [7, 11) is 0. The lowest BCUT2D eigenvalue weighted by Crippen LogP contribution is -2.25. The van der Waals surface area contributed by atoms with Gasteiger partial charge in [0.05, 0.1) is 11.4 Å². The van der Waals surface area contributed by atoms with Crippen molar-refractivity contribution in [3.05, 3.63) is 66.0 Å². The number of nitrogens with one attached hydrogen (secondary N) is 2. The van der Waals surface area contributed by atoms with Crippen molar-refractivity contribution < 1.29 is 0 Å². The zero-order valence-electron chi connectivity index (χ0n) is 13.8. The molecule has 126 valence electrons. The lowest BCUT2D eigenvalue weighted by molar-refractivity contribution is 0.789. The third kappa shape index (κ3) is 4.45. The van der Waals surface area contributed by atoms with E-state index in [1.54, 1.807) is 11.0 Å². The Morgan fingerprint density at radius 2 is 1.96 bits per heavy atom. The number of aryl methyl sites for hydroxylation is 1. The molecule has 8 heteroatoms. The fourth-order valence-electron chi connectivity index (χ4n) is 2.15. The van der Waals surface area contributed by atoms with Crippen LogP contribution in [0.5, 0.6) is 0 Å². The van der Waals surface area contributed by atoms with Crippen LogP contribution in [0.2, 0.25) is 0 Å². The van der Waals surface area contributed by atoms with Crippen LogP contribution in [0.25, 0.3) is 5.69 Å². The van der Waals surface area contributed by atoms with Crippen molar-refractivity contribution in [1.82, 2.24) is 25.6 Å². The molecule has 0 aliphatic rings. The van der Waals surface area contributed by atoms with Crippen molar-refractivity contribution in [2.24, 2.45) is 5.10 Å². The van der Waals surface area contributed by atoms with Gasteiger partial charge in [0.25, 0.3) is 0 Å². The summed E-state index contributed by atoms with van der Waals surface area (Å²) in [5.74, 6) is 0. The summed E-state index contributed by atoms with van der Waals surface area (Å²) >= 11 is 5.27. The molecule has 0 saturated carbocycles. The molecule has 0 fully saturated rings. The van der Waals surface area contributed by atoms with E-state index < -0.39 is 0 Å². The van der Waals surface area contributed by atoms with E-state index >= 15 is 0 Å². The van der Waals surface area contributed by atoms with Gasteiger partial charge in [-0.05, 0) is 66.3 Å². The second-order valence-electron chi connectivity index (χ2n) is 5.43. The summed E-state index contributed by atoms with van der Waals surface area (Å²) in [6.45, 7) is 3.94. The summed E-state index contributed by atoms with van der Waals surface area (Å²) in [5.41, 5.74) is 7.56. The predicted molar refractivity (Wildman–Crippen MR) is 102 cm³/mol. The van der Waals surface area contributed by atoms with Gasteiger partial charge in [0.2, 0.25) is 0 Å². The van der Waals surface area contributed by atoms with E-state index in [1.165, 1.54) is 5.56 Å². The lowest BCUT2D eigenvalue weighted by Gasteiger charge is -2.09. The van der Waals surface area contributed by atoms with Gasteiger partial charge < -0.3 is 5.32 Å². The van der Waals surface area contributed by atoms with Crippen molar-refractivity contribution in [2.75, 3.05) is 5.32 Å². The third-order valence-electron chi connectivity index (χ3n) is 3.51. The second-order valence-corrected chi connectivity index (χ2v) is 5.84. The number of hydrazone groups is 1. The van der Waals surface area contributed by atoms with Crippen molar-refractivity contribution >= 4 is 28.7 Å². The first kappa shape index (κ1) is 16.7. The van der Waals surface area contributed by atoms with Crippen molar-refractivity contribution in [3.8, 4) is 5.69 Å². The van der Waals surface area contributed by atoms with Crippen molar-refractivity contribution in [1.29, 1.82) is 0 Å². The first-order valence-electron chi connectivity index (χ1n) is 7.63. The molecule has 0 aliphatic carbocycles. The summed E-state index contributed by atoms with van der Waals surface area (Å²) in [6.07, 6.45) is 1.55. The largest absolute Gasteiger partial charge is 0.331 e. The number of aromatic nitrogens is 4. The Kier molecular flexibility index (Phi) is 5.10. The molecule has 25 heavy (non-hydrogen) atoms. The smallest absolute Gasteiger partial charge is 0.191 e. The maximum absolute atomic E-state index is 5.27. The first-order valence-corrected chi connectivity index (χ1v) is 8.04. The minimum Gasteiger partial charge on any atom is -0.331 e. The van der Waals surface area contributed by atoms with Gasteiger partial charge in [-0.3, -0.25) is 5.43 Å². The molecule has 0 spiro atoms. The van der Waals surface area contributed by atoms with Gasteiger partial charge >= 0.3 is 0 Å². The molecule has 0 unspecified atom stereocenters. The Bertz CT molecular complexity index is 886. The average Bonchev–Trinajstić information content (AvgIpc) is 3.16. The highest BCUT2D eigenvalue weighted by Crippen LogP contribution is 2.10. The third-order valence-corrected chi connectivity index (χ3v) is 3.71. The lowest BCUT2D eigenvalue weighted by atomic mass is 10.1. The van der Waals surface area contributed by atoms with Crippen LogP contribution in [-0.2, 0) is 0 Å². The van der Waals surface area contributed by atoms with E-state index in [1.807, 2.05) is 62.4 Å². The topological polar surface area (TPSA) is 80.0 Å².